The Hall–Kier alpha value is -1.91. The molecule has 0 saturated carbocycles. The minimum Gasteiger partial charge on any atom is -0.481 e. The number of carboxylic acid groups (broad SMARTS) is 1. The maximum atomic E-state index is 13.8. The van der Waals surface area contributed by atoms with Crippen molar-refractivity contribution < 1.29 is 19.1 Å². The van der Waals surface area contributed by atoms with Gasteiger partial charge in [0, 0.05) is 19.0 Å². The molecule has 108 valence electrons. The Kier molecular flexibility index (Phi) is 3.79. The summed E-state index contributed by atoms with van der Waals surface area (Å²) in [4.78, 5) is 24.7. The van der Waals surface area contributed by atoms with E-state index in [2.05, 4.69) is 0 Å². The van der Waals surface area contributed by atoms with Gasteiger partial charge in [-0.15, -0.1) is 0 Å². The number of rotatable bonds is 3. The summed E-state index contributed by atoms with van der Waals surface area (Å²) in [5.74, 6) is -2.59. The topological polar surface area (TPSA) is 57.6 Å². The first-order valence-corrected chi connectivity index (χ1v) is 6.56. The summed E-state index contributed by atoms with van der Waals surface area (Å²) in [6, 6.07) is 9.20. The molecule has 20 heavy (non-hydrogen) atoms. The molecule has 1 aromatic carbocycles. The average Bonchev–Trinajstić information content (AvgIpc) is 2.82. The summed E-state index contributed by atoms with van der Waals surface area (Å²) in [5, 5.41) is 9.32. The number of likely N-dealkylation sites (tertiary alicyclic amines) is 1. The van der Waals surface area contributed by atoms with Crippen molar-refractivity contribution in [1.82, 2.24) is 4.90 Å². The van der Waals surface area contributed by atoms with Crippen LogP contribution in [-0.2, 0) is 9.59 Å². The Balaban J connectivity index is 2.25. The maximum Gasteiger partial charge on any atom is 0.308 e. The first-order valence-electron chi connectivity index (χ1n) is 6.56. The second-order valence-electron chi connectivity index (χ2n) is 5.64. The molecule has 0 bridgehead atoms. The van der Waals surface area contributed by atoms with E-state index < -0.39 is 23.5 Å². The number of aliphatic carboxylic acids is 1. The van der Waals surface area contributed by atoms with Crippen molar-refractivity contribution in [3.05, 3.63) is 35.9 Å². The molecule has 1 aromatic rings. The zero-order valence-corrected chi connectivity index (χ0v) is 11.5. The van der Waals surface area contributed by atoms with Crippen molar-refractivity contribution >= 4 is 11.9 Å². The molecule has 0 aromatic heterocycles. The summed E-state index contributed by atoms with van der Waals surface area (Å²) in [6.45, 7) is 2.69. The predicted molar refractivity (Wildman–Crippen MR) is 72.1 cm³/mol. The molecule has 1 aliphatic rings. The van der Waals surface area contributed by atoms with Gasteiger partial charge in [0.25, 0.3) is 5.91 Å². The van der Waals surface area contributed by atoms with Crippen LogP contribution in [0, 0.1) is 5.92 Å². The molecule has 2 rings (SSSR count). The predicted octanol–water partition coefficient (Wildman–Crippen LogP) is 2.06. The molecule has 4 nitrogen and oxygen atoms in total. The Labute approximate surface area is 117 Å². The van der Waals surface area contributed by atoms with Crippen molar-refractivity contribution in [2.45, 2.75) is 25.4 Å². The first-order chi connectivity index (χ1) is 9.30. The Morgan fingerprint density at radius 1 is 1.25 bits per heavy atom. The second kappa shape index (κ2) is 5.23. The third-order valence-corrected chi connectivity index (χ3v) is 3.66. The highest BCUT2D eigenvalue weighted by Crippen LogP contribution is 2.34. The van der Waals surface area contributed by atoms with Crippen molar-refractivity contribution in [3.63, 3.8) is 0 Å². The second-order valence-corrected chi connectivity index (χ2v) is 5.64. The van der Waals surface area contributed by atoms with Crippen molar-refractivity contribution in [2.24, 2.45) is 5.92 Å². The number of hydrogen-bond donors (Lipinski definition) is 1. The number of carbonyl (C=O) groups excluding carboxylic acids is 1. The SMILES string of the molecule is CC(C)(F)C(=O)N1C[C@H](C(=O)O)[C@H](c2ccccc2)C1. The van der Waals surface area contributed by atoms with E-state index in [1.54, 1.807) is 0 Å². The van der Waals surface area contributed by atoms with Gasteiger partial charge in [0.15, 0.2) is 5.67 Å². The van der Waals surface area contributed by atoms with Crippen molar-refractivity contribution in [2.75, 3.05) is 13.1 Å². The fourth-order valence-corrected chi connectivity index (χ4v) is 2.63. The van der Waals surface area contributed by atoms with Gasteiger partial charge in [-0.1, -0.05) is 30.3 Å². The highest BCUT2D eigenvalue weighted by atomic mass is 19.1. The zero-order valence-electron chi connectivity index (χ0n) is 11.5. The first kappa shape index (κ1) is 14.5. The zero-order chi connectivity index (χ0) is 14.9. The summed E-state index contributed by atoms with van der Waals surface area (Å²) in [7, 11) is 0. The van der Waals surface area contributed by atoms with Gasteiger partial charge in [0.05, 0.1) is 5.92 Å². The monoisotopic (exact) mass is 279 g/mol. The highest BCUT2D eigenvalue weighted by Gasteiger charge is 2.43. The van der Waals surface area contributed by atoms with Crippen LogP contribution in [0.4, 0.5) is 4.39 Å². The van der Waals surface area contributed by atoms with Crippen molar-refractivity contribution in [1.29, 1.82) is 0 Å². The molecular weight excluding hydrogens is 261 g/mol. The number of nitrogens with zero attached hydrogens (tertiary/aromatic N) is 1. The maximum absolute atomic E-state index is 13.8. The lowest BCUT2D eigenvalue weighted by Crippen LogP contribution is -2.41. The van der Waals surface area contributed by atoms with Gasteiger partial charge >= 0.3 is 5.97 Å². The van der Waals surface area contributed by atoms with Crippen LogP contribution in [0.25, 0.3) is 0 Å². The largest absolute Gasteiger partial charge is 0.481 e. The van der Waals surface area contributed by atoms with Gasteiger partial charge in [-0.2, -0.15) is 0 Å². The van der Waals surface area contributed by atoms with Crippen LogP contribution in [0.1, 0.15) is 25.3 Å². The van der Waals surface area contributed by atoms with E-state index in [4.69, 9.17) is 0 Å². The van der Waals surface area contributed by atoms with Crippen molar-refractivity contribution in [3.8, 4) is 0 Å². The minimum atomic E-state index is -1.98. The van der Waals surface area contributed by atoms with E-state index in [1.165, 1.54) is 18.7 Å². The van der Waals surface area contributed by atoms with Gasteiger partial charge in [0.1, 0.15) is 0 Å². The molecule has 5 heteroatoms. The number of benzene rings is 1. The smallest absolute Gasteiger partial charge is 0.308 e. The Morgan fingerprint density at radius 2 is 1.85 bits per heavy atom. The van der Waals surface area contributed by atoms with Crippen LogP contribution in [-0.4, -0.2) is 40.6 Å². The van der Waals surface area contributed by atoms with Gasteiger partial charge in [-0.25, -0.2) is 4.39 Å². The van der Waals surface area contributed by atoms with Crippen LogP contribution in [0.15, 0.2) is 30.3 Å². The Morgan fingerprint density at radius 3 is 2.35 bits per heavy atom. The van der Waals surface area contributed by atoms with E-state index in [1.807, 2.05) is 30.3 Å². The lowest BCUT2D eigenvalue weighted by molar-refractivity contribution is -0.143. The molecule has 1 aliphatic heterocycles. The molecule has 1 heterocycles. The van der Waals surface area contributed by atoms with E-state index >= 15 is 0 Å². The fourth-order valence-electron chi connectivity index (χ4n) is 2.63. The quantitative estimate of drug-likeness (QED) is 0.921. The normalized spacial score (nSPS) is 22.9. The fraction of sp³-hybridized carbons (Fsp3) is 0.467. The summed E-state index contributed by atoms with van der Waals surface area (Å²) >= 11 is 0. The Bertz CT molecular complexity index is 510. The van der Waals surface area contributed by atoms with E-state index in [-0.39, 0.29) is 19.0 Å². The van der Waals surface area contributed by atoms with Crippen LogP contribution in [0.3, 0.4) is 0 Å². The van der Waals surface area contributed by atoms with E-state index in [0.717, 1.165) is 5.56 Å². The third-order valence-electron chi connectivity index (χ3n) is 3.66. The molecule has 2 atom stereocenters. The number of carbonyl (C=O) groups is 2. The van der Waals surface area contributed by atoms with Crippen LogP contribution >= 0.6 is 0 Å². The van der Waals surface area contributed by atoms with Crippen LogP contribution in [0.2, 0.25) is 0 Å². The summed E-state index contributed by atoms with van der Waals surface area (Å²) < 4.78 is 13.8. The molecule has 0 spiro atoms. The van der Waals surface area contributed by atoms with Crippen LogP contribution < -0.4 is 0 Å². The molecule has 0 aliphatic carbocycles. The summed E-state index contributed by atoms with van der Waals surface area (Å²) in [6.07, 6.45) is 0. The van der Waals surface area contributed by atoms with Crippen LogP contribution in [0.5, 0.6) is 0 Å². The van der Waals surface area contributed by atoms with Gasteiger partial charge < -0.3 is 10.0 Å². The average molecular weight is 279 g/mol. The number of carboxylic acids is 1. The number of hydrogen-bond acceptors (Lipinski definition) is 2. The number of alkyl halides is 1. The molecule has 1 N–H and O–H groups in total. The van der Waals surface area contributed by atoms with E-state index in [0.29, 0.717) is 0 Å². The minimum absolute atomic E-state index is 0.0566. The number of halogens is 1. The molecule has 1 saturated heterocycles. The molecule has 0 radical (unpaired) electrons. The molecule has 0 unspecified atom stereocenters. The number of amides is 1. The lowest BCUT2D eigenvalue weighted by atomic mass is 9.89. The molecule has 1 fully saturated rings. The van der Waals surface area contributed by atoms with Gasteiger partial charge in [-0.05, 0) is 19.4 Å². The van der Waals surface area contributed by atoms with Gasteiger partial charge in [0.2, 0.25) is 0 Å². The molecule has 1 amide bonds. The third kappa shape index (κ3) is 2.81. The summed E-state index contributed by atoms with van der Waals surface area (Å²) in [5.41, 5.74) is -1.11. The molecular formula is C15H18FNO3. The standard InChI is InChI=1S/C15H18FNO3/c1-15(2,16)14(20)17-8-11(12(9-17)13(18)19)10-6-4-3-5-7-10/h3-7,11-12H,8-9H2,1-2H3,(H,18,19)/t11-,12-/m0/s1. The van der Waals surface area contributed by atoms with E-state index in [9.17, 15) is 19.1 Å². The van der Waals surface area contributed by atoms with Gasteiger partial charge in [-0.3, -0.25) is 9.59 Å². The lowest BCUT2D eigenvalue weighted by Gasteiger charge is -2.22. The highest BCUT2D eigenvalue weighted by molar-refractivity contribution is 5.85.